The second-order valence-corrected chi connectivity index (χ2v) is 10.7. The fraction of sp³-hybridized carbons (Fsp3) is 0.250. The lowest BCUT2D eigenvalue weighted by Gasteiger charge is -2.35. The van der Waals surface area contributed by atoms with Crippen LogP contribution in [0.3, 0.4) is 0 Å². The van der Waals surface area contributed by atoms with Crippen molar-refractivity contribution in [3.05, 3.63) is 95.2 Å². The largest absolute Gasteiger partial charge is 0.369 e. The van der Waals surface area contributed by atoms with Crippen LogP contribution in [-0.2, 0) is 13.2 Å². The highest BCUT2D eigenvalue weighted by atomic mass is 19.1. The molecule has 220 valence electrons. The topological polar surface area (TPSA) is 106 Å². The molecule has 1 saturated heterocycles. The maximum atomic E-state index is 13.6. The van der Waals surface area contributed by atoms with Gasteiger partial charge in [-0.25, -0.2) is 14.2 Å². The first-order valence-corrected chi connectivity index (χ1v) is 14.2. The number of hydrogen-bond acceptors (Lipinski definition) is 7. The molecule has 2 aliphatic heterocycles. The molecular weight excluding hydrogens is 547 g/mol. The lowest BCUT2D eigenvalue weighted by Crippen LogP contribution is -2.46. The molecule has 3 N–H and O–H groups in total. The number of alkyl halides is 1. The minimum Gasteiger partial charge on any atom is -0.369 e. The molecule has 0 bridgehead atoms. The van der Waals surface area contributed by atoms with Crippen molar-refractivity contribution < 1.29 is 14.0 Å². The molecule has 6 rings (SSSR count). The summed E-state index contributed by atoms with van der Waals surface area (Å²) < 4.78 is 13.1. The lowest BCUT2D eigenvalue weighted by molar-refractivity contribution is 0.102. The molecule has 11 heteroatoms. The number of fused-ring (bicyclic) bond motifs is 1. The molecule has 4 aromatic rings. The smallest absolute Gasteiger partial charge is 0.330 e. The van der Waals surface area contributed by atoms with E-state index in [0.29, 0.717) is 34.3 Å². The summed E-state index contributed by atoms with van der Waals surface area (Å²) in [5.74, 6) is 0.579. The number of rotatable bonds is 7. The number of amides is 3. The molecule has 2 aliphatic rings. The third-order valence-electron chi connectivity index (χ3n) is 7.71. The monoisotopic (exact) mass is 580 g/mol. The number of aryl methyl sites for hydroxylation is 1. The second kappa shape index (κ2) is 12.1. The first kappa shape index (κ1) is 28.1. The predicted octanol–water partition coefficient (Wildman–Crippen LogP) is 5.24. The molecule has 3 heterocycles. The Bertz CT molecular complexity index is 1660. The number of nitrogens with zero attached hydrogens (tertiary/aromatic N) is 5. The third kappa shape index (κ3) is 5.98. The van der Waals surface area contributed by atoms with Crippen LogP contribution in [0.2, 0.25) is 0 Å². The molecule has 0 aliphatic carbocycles. The van der Waals surface area contributed by atoms with Crippen molar-refractivity contribution in [3.63, 3.8) is 0 Å². The van der Waals surface area contributed by atoms with Crippen LogP contribution in [0.25, 0.3) is 0 Å². The number of hydrogen-bond donors (Lipinski definition) is 3. The highest BCUT2D eigenvalue weighted by Crippen LogP contribution is 2.33. The van der Waals surface area contributed by atoms with E-state index >= 15 is 0 Å². The van der Waals surface area contributed by atoms with Gasteiger partial charge >= 0.3 is 6.03 Å². The molecule has 0 spiro atoms. The lowest BCUT2D eigenvalue weighted by atomic mass is 10.1. The van der Waals surface area contributed by atoms with Crippen LogP contribution < -0.4 is 30.7 Å². The number of piperazine rings is 1. The van der Waals surface area contributed by atoms with E-state index in [9.17, 15) is 14.0 Å². The number of nitrogens with one attached hydrogen (secondary N) is 3. The van der Waals surface area contributed by atoms with Crippen LogP contribution in [0.1, 0.15) is 27.0 Å². The summed E-state index contributed by atoms with van der Waals surface area (Å²) in [5.41, 5.74) is 5.66. The molecule has 1 aromatic heterocycles. The van der Waals surface area contributed by atoms with Crippen molar-refractivity contribution in [2.24, 2.45) is 0 Å². The second-order valence-electron chi connectivity index (χ2n) is 10.7. The van der Waals surface area contributed by atoms with Crippen LogP contribution in [0.5, 0.6) is 0 Å². The van der Waals surface area contributed by atoms with E-state index in [1.165, 1.54) is 16.7 Å². The SMILES string of the molecule is Cc1ccc(NC(=O)c2cccc(CF)c2)cc1N1Cc2cnc(Nc3ccc(N4CCNCC4)cc3)nc2N(C)C1=O. The molecule has 43 heavy (non-hydrogen) atoms. The van der Waals surface area contributed by atoms with Crippen LogP contribution in [-0.4, -0.2) is 55.1 Å². The van der Waals surface area contributed by atoms with Crippen molar-refractivity contribution in [2.45, 2.75) is 20.1 Å². The van der Waals surface area contributed by atoms with E-state index in [4.69, 9.17) is 0 Å². The number of aromatic nitrogens is 2. The van der Waals surface area contributed by atoms with Crippen molar-refractivity contribution in [2.75, 3.05) is 58.6 Å². The van der Waals surface area contributed by atoms with Gasteiger partial charge in [0.1, 0.15) is 12.5 Å². The summed E-state index contributed by atoms with van der Waals surface area (Å²) in [6.45, 7) is 5.45. The average molecular weight is 581 g/mol. The zero-order valence-corrected chi connectivity index (χ0v) is 24.1. The Morgan fingerprint density at radius 3 is 2.56 bits per heavy atom. The van der Waals surface area contributed by atoms with Crippen LogP contribution >= 0.6 is 0 Å². The van der Waals surface area contributed by atoms with Gasteiger partial charge in [-0.05, 0) is 66.6 Å². The van der Waals surface area contributed by atoms with Gasteiger partial charge in [-0.1, -0.05) is 18.2 Å². The van der Waals surface area contributed by atoms with Gasteiger partial charge in [-0.3, -0.25) is 14.6 Å². The van der Waals surface area contributed by atoms with Crippen molar-refractivity contribution in [1.82, 2.24) is 15.3 Å². The Morgan fingerprint density at radius 1 is 1.02 bits per heavy atom. The van der Waals surface area contributed by atoms with E-state index in [1.807, 2.05) is 25.1 Å². The number of carbonyl (C=O) groups is 2. The molecule has 0 saturated carbocycles. The Morgan fingerprint density at radius 2 is 1.79 bits per heavy atom. The van der Waals surface area contributed by atoms with Gasteiger partial charge in [0.05, 0.1) is 12.2 Å². The number of halogens is 1. The quantitative estimate of drug-likeness (QED) is 0.275. The standard InChI is InChI=1S/C32H33FN8O2/c1-21-6-7-26(36-30(42)23-5-3-4-22(16-23)18-33)17-28(21)41-20-24-19-35-31(38-29(24)39(2)32(41)43)37-25-8-10-27(11-9-25)40-14-12-34-13-15-40/h3-11,16-17,19,34H,12-15,18,20H2,1-2H3,(H,36,42)(H,35,37,38). The van der Waals surface area contributed by atoms with Gasteiger partial charge < -0.3 is 20.9 Å². The maximum Gasteiger partial charge on any atom is 0.330 e. The highest BCUT2D eigenvalue weighted by molar-refractivity contribution is 6.07. The molecule has 3 amide bonds. The Hall–Kier alpha value is -5.03. The van der Waals surface area contributed by atoms with Gasteiger partial charge in [0, 0.05) is 67.6 Å². The number of anilines is 6. The Kier molecular flexibility index (Phi) is 7.89. The average Bonchev–Trinajstić information content (AvgIpc) is 3.05. The molecular formula is C32H33FN8O2. The van der Waals surface area contributed by atoms with Crippen molar-refractivity contribution in [3.8, 4) is 0 Å². The minimum absolute atomic E-state index is 0.250. The zero-order chi connectivity index (χ0) is 29.9. The van der Waals surface area contributed by atoms with Crippen molar-refractivity contribution >= 4 is 46.5 Å². The summed E-state index contributed by atoms with van der Waals surface area (Å²) in [5, 5.41) is 9.48. The van der Waals surface area contributed by atoms with E-state index in [-0.39, 0.29) is 18.5 Å². The molecule has 1 fully saturated rings. The van der Waals surface area contributed by atoms with E-state index < -0.39 is 6.67 Å². The summed E-state index contributed by atoms with van der Waals surface area (Å²) in [6.07, 6.45) is 1.73. The Balaban J connectivity index is 1.18. The van der Waals surface area contributed by atoms with E-state index in [2.05, 4.69) is 43.0 Å². The van der Waals surface area contributed by atoms with Gasteiger partial charge in [-0.2, -0.15) is 4.98 Å². The fourth-order valence-electron chi connectivity index (χ4n) is 5.34. The number of carbonyl (C=O) groups excluding carboxylic acids is 2. The molecule has 3 aromatic carbocycles. The Labute approximate surface area is 249 Å². The summed E-state index contributed by atoms with van der Waals surface area (Å²) >= 11 is 0. The number of urea groups is 1. The van der Waals surface area contributed by atoms with Crippen LogP contribution in [0.15, 0.2) is 72.9 Å². The summed E-state index contributed by atoms with van der Waals surface area (Å²) in [7, 11) is 1.69. The third-order valence-corrected chi connectivity index (χ3v) is 7.71. The minimum atomic E-state index is -0.646. The van der Waals surface area contributed by atoms with Crippen molar-refractivity contribution in [1.29, 1.82) is 0 Å². The highest BCUT2D eigenvalue weighted by Gasteiger charge is 2.31. The maximum absolute atomic E-state index is 13.6. The molecule has 10 nitrogen and oxygen atoms in total. The normalized spacial score (nSPS) is 14.9. The van der Waals surface area contributed by atoms with Gasteiger partial charge in [0.25, 0.3) is 5.91 Å². The fourth-order valence-corrected chi connectivity index (χ4v) is 5.34. The zero-order valence-electron chi connectivity index (χ0n) is 24.1. The van der Waals surface area contributed by atoms with Crippen LogP contribution in [0.4, 0.5) is 43.7 Å². The first-order chi connectivity index (χ1) is 20.9. The van der Waals surface area contributed by atoms with Crippen LogP contribution in [0, 0.1) is 6.92 Å². The molecule has 0 radical (unpaired) electrons. The molecule has 0 atom stereocenters. The van der Waals surface area contributed by atoms with E-state index in [0.717, 1.165) is 43.0 Å². The van der Waals surface area contributed by atoms with Gasteiger partial charge in [-0.15, -0.1) is 0 Å². The summed E-state index contributed by atoms with van der Waals surface area (Å²) in [4.78, 5) is 41.1. The summed E-state index contributed by atoms with van der Waals surface area (Å²) in [6, 6.07) is 19.8. The predicted molar refractivity (Wildman–Crippen MR) is 167 cm³/mol. The van der Waals surface area contributed by atoms with E-state index in [1.54, 1.807) is 48.5 Å². The van der Waals surface area contributed by atoms with Gasteiger partial charge in [0.2, 0.25) is 5.95 Å². The number of benzene rings is 3. The van der Waals surface area contributed by atoms with Gasteiger partial charge in [0.15, 0.2) is 0 Å². The first-order valence-electron chi connectivity index (χ1n) is 14.2. The molecule has 0 unspecified atom stereocenters.